The molecule has 0 aliphatic carbocycles. The van der Waals surface area contributed by atoms with E-state index in [1.54, 1.807) is 12.1 Å². The largest absolute Gasteiger partial charge is 0.329 e. The molecule has 0 spiro atoms. The van der Waals surface area contributed by atoms with Crippen molar-refractivity contribution in [3.8, 4) is 0 Å². The number of carbonyl (C=O) groups is 1. The van der Waals surface area contributed by atoms with Gasteiger partial charge in [-0.25, -0.2) is 4.39 Å². The van der Waals surface area contributed by atoms with Gasteiger partial charge in [-0.05, 0) is 43.7 Å². The topological polar surface area (TPSA) is 46.3 Å². The first kappa shape index (κ1) is 13.2. The molecule has 1 saturated heterocycles. The van der Waals surface area contributed by atoms with E-state index in [2.05, 4.69) is 4.90 Å². The van der Waals surface area contributed by atoms with Crippen LogP contribution < -0.4 is 5.73 Å². The second kappa shape index (κ2) is 6.07. The summed E-state index contributed by atoms with van der Waals surface area (Å²) >= 11 is 0. The molecule has 0 amide bonds. The highest BCUT2D eigenvalue weighted by atomic mass is 19.1. The lowest BCUT2D eigenvalue weighted by atomic mass is 9.90. The van der Waals surface area contributed by atoms with Gasteiger partial charge in [-0.2, -0.15) is 0 Å². The number of nitrogens with zero attached hydrogens (tertiary/aromatic N) is 1. The minimum Gasteiger partial charge on any atom is -0.329 e. The van der Waals surface area contributed by atoms with Crippen molar-refractivity contribution < 1.29 is 9.18 Å². The Morgan fingerprint density at radius 2 is 2.11 bits per heavy atom. The Morgan fingerprint density at radius 1 is 1.39 bits per heavy atom. The molecule has 1 fully saturated rings. The predicted octanol–water partition coefficient (Wildman–Crippen LogP) is 1.68. The molecular weight excluding hydrogens is 231 g/mol. The van der Waals surface area contributed by atoms with Crippen LogP contribution >= 0.6 is 0 Å². The van der Waals surface area contributed by atoms with Gasteiger partial charge >= 0.3 is 0 Å². The van der Waals surface area contributed by atoms with E-state index in [4.69, 9.17) is 5.73 Å². The van der Waals surface area contributed by atoms with E-state index in [1.165, 1.54) is 12.1 Å². The van der Waals surface area contributed by atoms with Crippen molar-refractivity contribution in [2.45, 2.75) is 12.8 Å². The third-order valence-corrected chi connectivity index (χ3v) is 3.45. The zero-order valence-corrected chi connectivity index (χ0v) is 10.4. The Hall–Kier alpha value is -1.26. The number of nitrogens with two attached hydrogens (primary N) is 1. The summed E-state index contributed by atoms with van der Waals surface area (Å²) < 4.78 is 12.8. The highest BCUT2D eigenvalue weighted by Gasteiger charge is 2.26. The minimum atomic E-state index is -0.306. The Bertz CT molecular complexity index is 403. The van der Waals surface area contributed by atoms with Gasteiger partial charge in [0.25, 0.3) is 0 Å². The van der Waals surface area contributed by atoms with Gasteiger partial charge in [-0.1, -0.05) is 0 Å². The van der Waals surface area contributed by atoms with E-state index < -0.39 is 0 Å². The van der Waals surface area contributed by atoms with E-state index in [9.17, 15) is 9.18 Å². The van der Waals surface area contributed by atoms with Gasteiger partial charge in [0, 0.05) is 31.1 Å². The highest BCUT2D eigenvalue weighted by Crippen LogP contribution is 2.20. The van der Waals surface area contributed by atoms with Crippen molar-refractivity contribution in [1.82, 2.24) is 4.90 Å². The number of ketones is 1. The first-order valence-corrected chi connectivity index (χ1v) is 6.43. The van der Waals surface area contributed by atoms with Crippen LogP contribution in [0.1, 0.15) is 23.2 Å². The molecule has 1 heterocycles. The smallest absolute Gasteiger partial charge is 0.167 e. The zero-order valence-electron chi connectivity index (χ0n) is 10.4. The van der Waals surface area contributed by atoms with Gasteiger partial charge in [0.2, 0.25) is 0 Å². The molecule has 1 aromatic rings. The maximum absolute atomic E-state index is 12.8. The molecule has 98 valence electrons. The lowest BCUT2D eigenvalue weighted by molar-refractivity contribution is 0.0823. The molecule has 3 nitrogen and oxygen atoms in total. The standard InChI is InChI=1S/C14H19FN2O/c15-13-5-3-11(4-6-13)14(18)12-2-1-8-17(10-12)9-7-16/h3-6,12H,1-2,7-10,16H2. The Kier molecular flexibility index (Phi) is 4.44. The van der Waals surface area contributed by atoms with Crippen molar-refractivity contribution in [3.05, 3.63) is 35.6 Å². The predicted molar refractivity (Wildman–Crippen MR) is 68.9 cm³/mol. The average Bonchev–Trinajstić information content (AvgIpc) is 2.39. The lowest BCUT2D eigenvalue weighted by Gasteiger charge is -2.31. The number of piperidine rings is 1. The number of hydrogen-bond acceptors (Lipinski definition) is 3. The fourth-order valence-corrected chi connectivity index (χ4v) is 2.51. The summed E-state index contributed by atoms with van der Waals surface area (Å²) in [7, 11) is 0. The number of carbonyl (C=O) groups excluding carboxylic acids is 1. The van der Waals surface area contributed by atoms with Crippen LogP contribution in [-0.2, 0) is 0 Å². The van der Waals surface area contributed by atoms with E-state index in [0.29, 0.717) is 12.1 Å². The number of rotatable bonds is 4. The highest BCUT2D eigenvalue weighted by molar-refractivity contribution is 5.98. The summed E-state index contributed by atoms with van der Waals surface area (Å²) in [6, 6.07) is 5.82. The van der Waals surface area contributed by atoms with E-state index in [0.717, 1.165) is 32.5 Å². The van der Waals surface area contributed by atoms with Crippen molar-refractivity contribution >= 4 is 5.78 Å². The molecule has 1 atom stereocenters. The van der Waals surface area contributed by atoms with Gasteiger partial charge in [-0.3, -0.25) is 4.79 Å². The van der Waals surface area contributed by atoms with E-state index in [1.807, 2.05) is 0 Å². The summed E-state index contributed by atoms with van der Waals surface area (Å²) in [5.74, 6) is -0.160. The van der Waals surface area contributed by atoms with Crippen LogP contribution in [0, 0.1) is 11.7 Å². The summed E-state index contributed by atoms with van der Waals surface area (Å²) in [6.45, 7) is 3.25. The van der Waals surface area contributed by atoms with Crippen LogP contribution in [0.4, 0.5) is 4.39 Å². The quantitative estimate of drug-likeness (QED) is 0.827. The fraction of sp³-hybridized carbons (Fsp3) is 0.500. The molecule has 2 rings (SSSR count). The van der Waals surface area contributed by atoms with Crippen molar-refractivity contribution in [1.29, 1.82) is 0 Å². The first-order valence-electron chi connectivity index (χ1n) is 6.43. The fourth-order valence-electron chi connectivity index (χ4n) is 2.51. The average molecular weight is 250 g/mol. The third-order valence-electron chi connectivity index (χ3n) is 3.45. The number of likely N-dealkylation sites (tertiary alicyclic amines) is 1. The molecule has 0 aromatic heterocycles. The first-order chi connectivity index (χ1) is 8.70. The van der Waals surface area contributed by atoms with Crippen LogP contribution in [0.5, 0.6) is 0 Å². The van der Waals surface area contributed by atoms with E-state index in [-0.39, 0.29) is 17.5 Å². The second-order valence-electron chi connectivity index (χ2n) is 4.80. The maximum Gasteiger partial charge on any atom is 0.167 e. The second-order valence-corrected chi connectivity index (χ2v) is 4.80. The van der Waals surface area contributed by atoms with Crippen molar-refractivity contribution in [2.24, 2.45) is 11.7 Å². The maximum atomic E-state index is 12.8. The van der Waals surface area contributed by atoms with Crippen LogP contribution in [0.2, 0.25) is 0 Å². The summed E-state index contributed by atoms with van der Waals surface area (Å²) in [5, 5.41) is 0. The molecular formula is C14H19FN2O. The normalized spacial score (nSPS) is 20.9. The van der Waals surface area contributed by atoms with E-state index >= 15 is 0 Å². The van der Waals surface area contributed by atoms with Crippen molar-refractivity contribution in [3.63, 3.8) is 0 Å². The van der Waals surface area contributed by atoms with Gasteiger partial charge < -0.3 is 10.6 Å². The summed E-state index contributed by atoms with van der Waals surface area (Å²) in [4.78, 5) is 14.5. The molecule has 1 aliphatic rings. The molecule has 0 bridgehead atoms. The molecule has 1 aromatic carbocycles. The minimum absolute atomic E-state index is 0.0239. The SMILES string of the molecule is NCCN1CCCC(C(=O)c2ccc(F)cc2)C1. The summed E-state index contributed by atoms with van der Waals surface area (Å²) in [6.07, 6.45) is 1.94. The number of Topliss-reactive ketones (excluding diaryl/α,β-unsaturated/α-hetero) is 1. The Morgan fingerprint density at radius 3 is 2.78 bits per heavy atom. The molecule has 0 radical (unpaired) electrons. The van der Waals surface area contributed by atoms with Gasteiger partial charge in [0.15, 0.2) is 5.78 Å². The number of halogens is 1. The number of benzene rings is 1. The Labute approximate surface area is 107 Å². The van der Waals surface area contributed by atoms with Crippen LogP contribution in [-0.4, -0.2) is 36.9 Å². The molecule has 18 heavy (non-hydrogen) atoms. The number of hydrogen-bond donors (Lipinski definition) is 1. The molecule has 2 N–H and O–H groups in total. The van der Waals surface area contributed by atoms with Gasteiger partial charge in [-0.15, -0.1) is 0 Å². The molecule has 0 saturated carbocycles. The molecule has 1 unspecified atom stereocenters. The molecule has 1 aliphatic heterocycles. The zero-order chi connectivity index (χ0) is 13.0. The third kappa shape index (κ3) is 3.15. The van der Waals surface area contributed by atoms with Crippen molar-refractivity contribution in [2.75, 3.05) is 26.2 Å². The van der Waals surface area contributed by atoms with Crippen LogP contribution in [0.3, 0.4) is 0 Å². The lowest BCUT2D eigenvalue weighted by Crippen LogP contribution is -2.41. The molecule has 4 heteroatoms. The van der Waals surface area contributed by atoms with Gasteiger partial charge in [0.05, 0.1) is 0 Å². The Balaban J connectivity index is 2.02. The monoisotopic (exact) mass is 250 g/mol. The van der Waals surface area contributed by atoms with Gasteiger partial charge in [0.1, 0.15) is 5.82 Å². The van der Waals surface area contributed by atoms with Crippen LogP contribution in [0.25, 0.3) is 0 Å². The summed E-state index contributed by atoms with van der Waals surface area (Å²) in [5.41, 5.74) is 6.15. The van der Waals surface area contributed by atoms with Crippen LogP contribution in [0.15, 0.2) is 24.3 Å².